The molecular weight excluding hydrogens is 402 g/mol. The highest BCUT2D eigenvalue weighted by atomic mass is 32.2. The Kier molecular flexibility index (Phi) is 5.76. The molecule has 4 rings (SSSR count). The van der Waals surface area contributed by atoms with Gasteiger partial charge in [-0.15, -0.1) is 11.8 Å². The average Bonchev–Trinajstić information content (AvgIpc) is 3.16. The second kappa shape index (κ2) is 8.62. The Morgan fingerprint density at radius 2 is 1.90 bits per heavy atom. The van der Waals surface area contributed by atoms with Crippen LogP contribution in [-0.2, 0) is 20.9 Å². The minimum atomic E-state index is -0.595. The van der Waals surface area contributed by atoms with Crippen LogP contribution in [0.4, 0.5) is 4.79 Å². The summed E-state index contributed by atoms with van der Waals surface area (Å²) in [4.78, 5) is 40.0. The summed E-state index contributed by atoms with van der Waals surface area (Å²) in [5.41, 5.74) is 2.57. The van der Waals surface area contributed by atoms with Gasteiger partial charge in [0.05, 0.1) is 17.3 Å². The topological polar surface area (TPSA) is 87.7 Å². The SMILES string of the molecule is CSc1ccc(C2NC(=O)N(CC(=O)NCc3ccccc3)C3=C2C(=O)OC3)cc1. The zero-order valence-electron chi connectivity index (χ0n) is 16.4. The summed E-state index contributed by atoms with van der Waals surface area (Å²) in [5, 5.41) is 5.64. The number of hydrogen-bond acceptors (Lipinski definition) is 5. The van der Waals surface area contributed by atoms with E-state index in [2.05, 4.69) is 10.6 Å². The van der Waals surface area contributed by atoms with Gasteiger partial charge in [0.2, 0.25) is 5.91 Å². The number of cyclic esters (lactones) is 1. The van der Waals surface area contributed by atoms with Crippen molar-refractivity contribution in [1.29, 1.82) is 0 Å². The third-order valence-corrected chi connectivity index (χ3v) is 5.83. The smallest absolute Gasteiger partial charge is 0.338 e. The van der Waals surface area contributed by atoms with Crippen LogP contribution in [-0.4, -0.2) is 42.2 Å². The fraction of sp³-hybridized carbons (Fsp3) is 0.227. The molecule has 2 heterocycles. The van der Waals surface area contributed by atoms with E-state index < -0.39 is 18.0 Å². The molecule has 2 N–H and O–H groups in total. The van der Waals surface area contributed by atoms with Crippen LogP contribution in [0.15, 0.2) is 70.8 Å². The summed E-state index contributed by atoms with van der Waals surface area (Å²) < 4.78 is 5.20. The Balaban J connectivity index is 1.52. The van der Waals surface area contributed by atoms with Crippen molar-refractivity contribution in [2.24, 2.45) is 0 Å². The fourth-order valence-electron chi connectivity index (χ4n) is 3.52. The Labute approximate surface area is 178 Å². The van der Waals surface area contributed by atoms with Crippen LogP contribution >= 0.6 is 11.8 Å². The molecule has 0 radical (unpaired) electrons. The number of carbonyl (C=O) groups is 3. The Morgan fingerprint density at radius 3 is 2.60 bits per heavy atom. The molecule has 0 aliphatic carbocycles. The van der Waals surface area contributed by atoms with E-state index >= 15 is 0 Å². The lowest BCUT2D eigenvalue weighted by atomic mass is 9.96. The van der Waals surface area contributed by atoms with Crippen molar-refractivity contribution in [3.05, 3.63) is 77.0 Å². The zero-order valence-corrected chi connectivity index (χ0v) is 17.2. The number of urea groups is 1. The molecule has 2 aromatic carbocycles. The first-order valence-corrected chi connectivity index (χ1v) is 10.7. The number of hydrogen-bond donors (Lipinski definition) is 2. The van der Waals surface area contributed by atoms with Crippen molar-refractivity contribution in [2.75, 3.05) is 19.4 Å². The molecule has 0 fully saturated rings. The van der Waals surface area contributed by atoms with Crippen molar-refractivity contribution in [3.63, 3.8) is 0 Å². The number of carbonyl (C=O) groups excluding carboxylic acids is 3. The summed E-state index contributed by atoms with van der Waals surface area (Å²) in [6, 6.07) is 16.1. The monoisotopic (exact) mass is 423 g/mol. The standard InChI is InChI=1S/C22H21N3O4S/c1-30-16-9-7-15(8-10-16)20-19-17(13-29-21(19)27)25(22(28)24-20)12-18(26)23-11-14-5-3-2-4-6-14/h2-10,20H,11-13H2,1H3,(H,23,26)(H,24,28). The van der Waals surface area contributed by atoms with Crippen molar-refractivity contribution >= 4 is 29.7 Å². The van der Waals surface area contributed by atoms with Gasteiger partial charge in [0.25, 0.3) is 0 Å². The van der Waals surface area contributed by atoms with Crippen LogP contribution < -0.4 is 10.6 Å². The number of ether oxygens (including phenoxy) is 1. The molecule has 0 saturated carbocycles. The van der Waals surface area contributed by atoms with Gasteiger partial charge in [-0.2, -0.15) is 0 Å². The third-order valence-electron chi connectivity index (χ3n) is 5.08. The van der Waals surface area contributed by atoms with Gasteiger partial charge in [0.1, 0.15) is 13.2 Å². The first-order valence-electron chi connectivity index (χ1n) is 9.49. The van der Waals surface area contributed by atoms with Crippen molar-refractivity contribution in [3.8, 4) is 0 Å². The van der Waals surface area contributed by atoms with Gasteiger partial charge in [0.15, 0.2) is 0 Å². The van der Waals surface area contributed by atoms with E-state index in [0.29, 0.717) is 17.8 Å². The lowest BCUT2D eigenvalue weighted by Crippen LogP contribution is -2.50. The summed E-state index contributed by atoms with van der Waals surface area (Å²) in [5.74, 6) is -0.790. The molecular formula is C22H21N3O4S. The summed E-state index contributed by atoms with van der Waals surface area (Å²) >= 11 is 1.61. The maximum atomic E-state index is 12.8. The minimum absolute atomic E-state index is 0.0209. The molecule has 3 amide bonds. The molecule has 2 aliphatic rings. The van der Waals surface area contributed by atoms with Crippen LogP contribution in [0.25, 0.3) is 0 Å². The molecule has 0 bridgehead atoms. The number of nitrogens with one attached hydrogen (secondary N) is 2. The highest BCUT2D eigenvalue weighted by Gasteiger charge is 2.42. The number of thioether (sulfide) groups is 1. The molecule has 154 valence electrons. The number of amides is 3. The van der Waals surface area contributed by atoms with E-state index in [1.54, 1.807) is 11.8 Å². The quantitative estimate of drug-likeness (QED) is 0.551. The largest absolute Gasteiger partial charge is 0.456 e. The molecule has 1 atom stereocenters. The third kappa shape index (κ3) is 4.04. The molecule has 0 spiro atoms. The van der Waals surface area contributed by atoms with E-state index in [9.17, 15) is 14.4 Å². The number of esters is 1. The molecule has 30 heavy (non-hydrogen) atoms. The van der Waals surface area contributed by atoms with Crippen LogP contribution in [0.3, 0.4) is 0 Å². The molecule has 0 saturated heterocycles. The van der Waals surface area contributed by atoms with Crippen molar-refractivity contribution in [2.45, 2.75) is 17.5 Å². The summed E-state index contributed by atoms with van der Waals surface area (Å²) in [7, 11) is 0. The van der Waals surface area contributed by atoms with Gasteiger partial charge in [-0.1, -0.05) is 42.5 Å². The van der Waals surface area contributed by atoms with E-state index in [4.69, 9.17) is 4.74 Å². The molecule has 1 unspecified atom stereocenters. The average molecular weight is 423 g/mol. The van der Waals surface area contributed by atoms with Gasteiger partial charge in [-0.25, -0.2) is 9.59 Å². The fourth-order valence-corrected chi connectivity index (χ4v) is 3.93. The highest BCUT2D eigenvalue weighted by molar-refractivity contribution is 7.98. The Hall–Kier alpha value is -3.26. The maximum Gasteiger partial charge on any atom is 0.338 e. The molecule has 2 aliphatic heterocycles. The van der Waals surface area contributed by atoms with Gasteiger partial charge in [-0.05, 0) is 29.5 Å². The zero-order chi connectivity index (χ0) is 21.1. The number of nitrogens with zero attached hydrogens (tertiary/aromatic N) is 1. The lowest BCUT2D eigenvalue weighted by molar-refractivity contribution is -0.136. The van der Waals surface area contributed by atoms with Crippen LogP contribution in [0.1, 0.15) is 17.2 Å². The van der Waals surface area contributed by atoms with E-state index in [-0.39, 0.29) is 19.1 Å². The molecule has 2 aromatic rings. The second-order valence-electron chi connectivity index (χ2n) is 6.94. The van der Waals surface area contributed by atoms with Crippen molar-refractivity contribution in [1.82, 2.24) is 15.5 Å². The van der Waals surface area contributed by atoms with Crippen LogP contribution in [0.2, 0.25) is 0 Å². The van der Waals surface area contributed by atoms with Gasteiger partial charge in [-0.3, -0.25) is 9.69 Å². The number of rotatable bonds is 6. The molecule has 7 nitrogen and oxygen atoms in total. The normalized spacial score (nSPS) is 18.0. The maximum absolute atomic E-state index is 12.8. The van der Waals surface area contributed by atoms with E-state index in [0.717, 1.165) is 16.0 Å². The Morgan fingerprint density at radius 1 is 1.17 bits per heavy atom. The second-order valence-corrected chi connectivity index (χ2v) is 7.82. The summed E-state index contributed by atoms with van der Waals surface area (Å²) in [6.07, 6.45) is 1.98. The molecule has 0 aromatic heterocycles. The van der Waals surface area contributed by atoms with Gasteiger partial charge >= 0.3 is 12.0 Å². The van der Waals surface area contributed by atoms with E-state index in [1.165, 1.54) is 4.90 Å². The van der Waals surface area contributed by atoms with Crippen LogP contribution in [0, 0.1) is 0 Å². The summed E-state index contributed by atoms with van der Waals surface area (Å²) in [6.45, 7) is 0.153. The van der Waals surface area contributed by atoms with Gasteiger partial charge < -0.3 is 15.4 Å². The minimum Gasteiger partial charge on any atom is -0.456 e. The predicted octanol–water partition coefficient (Wildman–Crippen LogP) is 2.60. The van der Waals surface area contributed by atoms with Crippen molar-refractivity contribution < 1.29 is 19.1 Å². The highest BCUT2D eigenvalue weighted by Crippen LogP contribution is 2.35. The van der Waals surface area contributed by atoms with Gasteiger partial charge in [0, 0.05) is 11.4 Å². The predicted molar refractivity (Wildman–Crippen MR) is 112 cm³/mol. The number of benzene rings is 2. The first-order chi connectivity index (χ1) is 14.6. The Bertz CT molecular complexity index is 1000. The molecule has 8 heteroatoms. The lowest BCUT2D eigenvalue weighted by Gasteiger charge is -2.32. The van der Waals surface area contributed by atoms with E-state index in [1.807, 2.05) is 60.9 Å². The van der Waals surface area contributed by atoms with Crippen LogP contribution in [0.5, 0.6) is 0 Å². The first kappa shape index (κ1) is 20.0.